The number of halogens is 2. The minimum Gasteiger partial charge on any atom is -0.490 e. The van der Waals surface area contributed by atoms with Crippen molar-refractivity contribution in [2.75, 3.05) is 6.61 Å². The van der Waals surface area contributed by atoms with Gasteiger partial charge < -0.3 is 24.9 Å². The third-order valence-corrected chi connectivity index (χ3v) is 6.24. The molecule has 0 aliphatic rings. The molecule has 0 aliphatic carbocycles. The summed E-state index contributed by atoms with van der Waals surface area (Å²) >= 11 is 3.52. The molecule has 0 aliphatic heterocycles. The van der Waals surface area contributed by atoms with E-state index in [1.807, 2.05) is 49.5 Å². The quantitative estimate of drug-likeness (QED) is 0.223. The standard InChI is InChI=1S/C27H26BrFN2O4/c1-2-34-25-12-17(11-21(28)26(25)35-16-18-7-3-5-9-22(18)29)14-30-24(27(32)33)13-19-15-31-23-10-6-4-8-20(19)23/h3-12,15,24,30-31H,2,13-14,16H2,1H3,(H,32,33)/t24-/m1/s1. The normalized spacial score (nSPS) is 12.0. The first-order valence-electron chi connectivity index (χ1n) is 11.3. The van der Waals surface area contributed by atoms with Gasteiger partial charge in [0, 0.05) is 35.6 Å². The molecule has 8 heteroatoms. The van der Waals surface area contributed by atoms with Crippen LogP contribution in [0.1, 0.15) is 23.6 Å². The van der Waals surface area contributed by atoms with E-state index in [0.29, 0.717) is 41.1 Å². The second kappa shape index (κ2) is 11.4. The summed E-state index contributed by atoms with van der Waals surface area (Å²) in [5.41, 5.74) is 3.18. The molecule has 4 rings (SSSR count). The van der Waals surface area contributed by atoms with Crippen LogP contribution in [0, 0.1) is 5.82 Å². The summed E-state index contributed by atoms with van der Waals surface area (Å²) in [6, 6.07) is 17.1. The number of fused-ring (bicyclic) bond motifs is 1. The van der Waals surface area contributed by atoms with Crippen LogP contribution in [0.2, 0.25) is 0 Å². The van der Waals surface area contributed by atoms with Gasteiger partial charge in [0.25, 0.3) is 0 Å². The zero-order chi connectivity index (χ0) is 24.8. The van der Waals surface area contributed by atoms with E-state index in [1.54, 1.807) is 18.2 Å². The molecule has 1 aromatic heterocycles. The number of carbonyl (C=O) groups is 1. The molecule has 3 N–H and O–H groups in total. The van der Waals surface area contributed by atoms with Gasteiger partial charge >= 0.3 is 5.97 Å². The Morgan fingerprint density at radius 1 is 1.11 bits per heavy atom. The number of nitrogens with one attached hydrogen (secondary N) is 2. The lowest BCUT2D eigenvalue weighted by Crippen LogP contribution is -2.38. The molecule has 0 saturated carbocycles. The van der Waals surface area contributed by atoms with Crippen LogP contribution in [0.5, 0.6) is 11.5 Å². The molecule has 0 fully saturated rings. The zero-order valence-electron chi connectivity index (χ0n) is 19.2. The van der Waals surface area contributed by atoms with Crippen LogP contribution < -0.4 is 14.8 Å². The predicted octanol–water partition coefficient (Wildman–Crippen LogP) is 5.83. The van der Waals surface area contributed by atoms with Gasteiger partial charge in [-0.25, -0.2) is 4.39 Å². The molecule has 0 spiro atoms. The summed E-state index contributed by atoms with van der Waals surface area (Å²) < 4.78 is 26.3. The van der Waals surface area contributed by atoms with E-state index in [0.717, 1.165) is 22.0 Å². The SMILES string of the molecule is CCOc1cc(CN[C@H](Cc2c[nH]c3ccccc23)C(=O)O)cc(Br)c1OCc1ccccc1F. The van der Waals surface area contributed by atoms with Gasteiger partial charge in [-0.05, 0) is 58.2 Å². The Bertz CT molecular complexity index is 1320. The maximum atomic E-state index is 14.0. The highest BCUT2D eigenvalue weighted by atomic mass is 79.9. The van der Waals surface area contributed by atoms with Gasteiger partial charge in [-0.2, -0.15) is 0 Å². The fourth-order valence-corrected chi connectivity index (χ4v) is 4.50. The van der Waals surface area contributed by atoms with Gasteiger partial charge in [-0.3, -0.25) is 4.79 Å². The summed E-state index contributed by atoms with van der Waals surface area (Å²) in [5, 5.41) is 14.0. The number of rotatable bonds is 11. The first-order chi connectivity index (χ1) is 17.0. The lowest BCUT2D eigenvalue weighted by molar-refractivity contribution is -0.139. The average molecular weight is 541 g/mol. The number of H-pyrrole nitrogens is 1. The molecular formula is C27H26BrFN2O4. The van der Waals surface area contributed by atoms with Crippen LogP contribution in [0.25, 0.3) is 10.9 Å². The molecule has 0 radical (unpaired) electrons. The van der Waals surface area contributed by atoms with Crippen molar-refractivity contribution in [3.05, 3.63) is 93.8 Å². The van der Waals surface area contributed by atoms with Gasteiger partial charge in [0.05, 0.1) is 11.1 Å². The monoisotopic (exact) mass is 540 g/mol. The summed E-state index contributed by atoms with van der Waals surface area (Å²) in [6.07, 6.45) is 2.19. The average Bonchev–Trinajstić information content (AvgIpc) is 3.25. The highest BCUT2D eigenvalue weighted by Gasteiger charge is 2.20. The van der Waals surface area contributed by atoms with E-state index < -0.39 is 12.0 Å². The summed E-state index contributed by atoms with van der Waals surface area (Å²) in [4.78, 5) is 15.2. The molecule has 0 amide bonds. The minimum atomic E-state index is -0.927. The van der Waals surface area contributed by atoms with E-state index in [-0.39, 0.29) is 12.4 Å². The molecule has 6 nitrogen and oxygen atoms in total. The topological polar surface area (TPSA) is 83.6 Å². The van der Waals surface area contributed by atoms with Crippen molar-refractivity contribution >= 4 is 32.8 Å². The number of hydrogen-bond acceptors (Lipinski definition) is 4. The number of para-hydroxylation sites is 1. The van der Waals surface area contributed by atoms with E-state index in [9.17, 15) is 14.3 Å². The number of carboxylic acid groups (broad SMARTS) is 1. The molecule has 0 saturated heterocycles. The molecule has 182 valence electrons. The lowest BCUT2D eigenvalue weighted by atomic mass is 10.0. The molecular weight excluding hydrogens is 515 g/mol. The first-order valence-corrected chi connectivity index (χ1v) is 12.1. The first kappa shape index (κ1) is 24.8. The fraction of sp³-hybridized carbons (Fsp3) is 0.222. The molecule has 3 aromatic carbocycles. The molecule has 1 heterocycles. The number of ether oxygens (including phenoxy) is 2. The minimum absolute atomic E-state index is 0.0503. The highest BCUT2D eigenvalue weighted by Crippen LogP contribution is 2.37. The third kappa shape index (κ3) is 6.01. The van der Waals surface area contributed by atoms with Crippen molar-refractivity contribution in [1.82, 2.24) is 10.3 Å². The van der Waals surface area contributed by atoms with Crippen LogP contribution in [0.15, 0.2) is 71.3 Å². The number of aromatic amines is 1. The number of benzene rings is 3. The van der Waals surface area contributed by atoms with Crippen molar-refractivity contribution in [1.29, 1.82) is 0 Å². The smallest absolute Gasteiger partial charge is 0.321 e. The Balaban J connectivity index is 1.48. The summed E-state index contributed by atoms with van der Waals surface area (Å²) in [7, 11) is 0. The number of hydrogen-bond donors (Lipinski definition) is 3. The predicted molar refractivity (Wildman–Crippen MR) is 136 cm³/mol. The third-order valence-electron chi connectivity index (χ3n) is 5.65. The van der Waals surface area contributed by atoms with E-state index in [4.69, 9.17) is 9.47 Å². The Morgan fingerprint density at radius 2 is 1.89 bits per heavy atom. The Morgan fingerprint density at radius 3 is 2.66 bits per heavy atom. The van der Waals surface area contributed by atoms with Gasteiger partial charge in [-0.1, -0.05) is 36.4 Å². The van der Waals surface area contributed by atoms with Crippen molar-refractivity contribution in [3.8, 4) is 11.5 Å². The van der Waals surface area contributed by atoms with Gasteiger partial charge in [0.1, 0.15) is 18.5 Å². The second-order valence-electron chi connectivity index (χ2n) is 8.05. The van der Waals surface area contributed by atoms with Crippen molar-refractivity contribution < 1.29 is 23.8 Å². The zero-order valence-corrected chi connectivity index (χ0v) is 20.8. The van der Waals surface area contributed by atoms with Crippen LogP contribution in [-0.4, -0.2) is 28.7 Å². The van der Waals surface area contributed by atoms with Gasteiger partial charge in [-0.15, -0.1) is 0 Å². The summed E-state index contributed by atoms with van der Waals surface area (Å²) in [6.45, 7) is 2.64. The highest BCUT2D eigenvalue weighted by molar-refractivity contribution is 9.10. The van der Waals surface area contributed by atoms with Gasteiger partial charge in [0.2, 0.25) is 0 Å². The summed E-state index contributed by atoms with van der Waals surface area (Å²) in [5.74, 6) is -0.299. The molecule has 1 atom stereocenters. The van der Waals surface area contributed by atoms with Crippen molar-refractivity contribution in [3.63, 3.8) is 0 Å². The fourth-order valence-electron chi connectivity index (χ4n) is 3.90. The molecule has 35 heavy (non-hydrogen) atoms. The number of aromatic nitrogens is 1. The maximum Gasteiger partial charge on any atom is 0.321 e. The van der Waals surface area contributed by atoms with Crippen molar-refractivity contribution in [2.45, 2.75) is 32.5 Å². The molecule has 0 unspecified atom stereocenters. The lowest BCUT2D eigenvalue weighted by Gasteiger charge is -2.18. The second-order valence-corrected chi connectivity index (χ2v) is 8.91. The van der Waals surface area contributed by atoms with E-state index in [1.165, 1.54) is 6.07 Å². The van der Waals surface area contributed by atoms with E-state index >= 15 is 0 Å². The Labute approximate surface area is 211 Å². The van der Waals surface area contributed by atoms with Crippen LogP contribution in [0.3, 0.4) is 0 Å². The molecule has 0 bridgehead atoms. The van der Waals surface area contributed by atoms with E-state index in [2.05, 4.69) is 26.2 Å². The Hall–Kier alpha value is -3.36. The van der Waals surface area contributed by atoms with Gasteiger partial charge in [0.15, 0.2) is 11.5 Å². The largest absolute Gasteiger partial charge is 0.490 e. The Kier molecular flexibility index (Phi) is 8.05. The van der Waals surface area contributed by atoms with Crippen LogP contribution >= 0.6 is 15.9 Å². The van der Waals surface area contributed by atoms with Crippen LogP contribution in [-0.2, 0) is 24.4 Å². The maximum absolute atomic E-state index is 14.0. The van der Waals surface area contributed by atoms with Crippen molar-refractivity contribution in [2.24, 2.45) is 0 Å². The number of carboxylic acids is 1. The molecule has 4 aromatic rings. The number of aliphatic carboxylic acids is 1. The van der Waals surface area contributed by atoms with Crippen LogP contribution in [0.4, 0.5) is 4.39 Å².